The third-order valence-electron chi connectivity index (χ3n) is 10.2. The maximum atomic E-state index is 14.8. The van der Waals surface area contributed by atoms with Gasteiger partial charge < -0.3 is 16.0 Å². The minimum atomic E-state index is -1.20. The smallest absolute Gasteiger partial charge is 0.272 e. The van der Waals surface area contributed by atoms with Crippen LogP contribution in [0.25, 0.3) is 21.9 Å². The van der Waals surface area contributed by atoms with E-state index in [0.717, 1.165) is 58.9 Å². The van der Waals surface area contributed by atoms with Gasteiger partial charge in [-0.3, -0.25) is 14.4 Å². The number of unbranched alkanes of at least 4 members (excludes halogenated alkanes) is 1. The number of nitrogens with two attached hydrogens (primary N) is 1. The number of aliphatic imine (C=N–C) groups is 1. The molecule has 0 bridgehead atoms. The number of rotatable bonds is 13. The van der Waals surface area contributed by atoms with E-state index in [-0.39, 0.29) is 18.4 Å². The van der Waals surface area contributed by atoms with Crippen LogP contribution in [0, 0.1) is 17.8 Å². The van der Waals surface area contributed by atoms with E-state index >= 15 is 0 Å². The molecule has 2 aliphatic rings. The first kappa shape index (κ1) is 33.9. The van der Waals surface area contributed by atoms with Crippen LogP contribution in [0.4, 0.5) is 5.69 Å². The van der Waals surface area contributed by atoms with E-state index in [4.69, 9.17) is 10.7 Å². The molecule has 0 radical (unpaired) electrons. The number of anilines is 1. The molecule has 0 spiro atoms. The van der Waals surface area contributed by atoms with Gasteiger partial charge in [-0.1, -0.05) is 136 Å². The minimum Gasteiger partial charge on any atom is -0.369 e. The molecule has 51 heavy (non-hydrogen) atoms. The van der Waals surface area contributed by atoms with Crippen molar-refractivity contribution in [2.75, 3.05) is 4.90 Å². The Kier molecular flexibility index (Phi) is 10.1. The molecular formula is C44H44N4O3. The SMILES string of the molecule is CCCC[C@H](C(N)=O)[C@@H](CC1CC1)C(=O)NC1N=C(c2ccccc2)c2ccccc2N(Cc2cccc(-c3ccc4ccccc4c3)c2)C1=O. The lowest BCUT2D eigenvalue weighted by Gasteiger charge is -2.28. The number of carbonyl (C=O) groups excluding carboxylic acids is 3. The van der Waals surface area contributed by atoms with Gasteiger partial charge in [-0.05, 0) is 64.4 Å². The summed E-state index contributed by atoms with van der Waals surface area (Å²) in [4.78, 5) is 48.5. The molecule has 5 aromatic rings. The third kappa shape index (κ3) is 7.63. The van der Waals surface area contributed by atoms with Crippen LogP contribution in [-0.4, -0.2) is 29.6 Å². The van der Waals surface area contributed by atoms with Crippen LogP contribution in [0.15, 0.2) is 126 Å². The van der Waals surface area contributed by atoms with E-state index in [1.54, 1.807) is 4.90 Å². The first-order valence-corrected chi connectivity index (χ1v) is 18.1. The van der Waals surface area contributed by atoms with E-state index in [1.807, 2.05) is 78.9 Å². The van der Waals surface area contributed by atoms with Crippen LogP contribution < -0.4 is 16.0 Å². The summed E-state index contributed by atoms with van der Waals surface area (Å²) in [5.74, 6) is -2.00. The van der Waals surface area contributed by atoms with Gasteiger partial charge in [-0.15, -0.1) is 0 Å². The fourth-order valence-corrected chi connectivity index (χ4v) is 7.29. The highest BCUT2D eigenvalue weighted by molar-refractivity contribution is 6.20. The summed E-state index contributed by atoms with van der Waals surface area (Å²) in [5.41, 5.74) is 12.0. The van der Waals surface area contributed by atoms with E-state index in [9.17, 15) is 14.4 Å². The van der Waals surface area contributed by atoms with Crippen molar-refractivity contribution in [3.8, 4) is 11.1 Å². The third-order valence-corrected chi connectivity index (χ3v) is 10.2. The standard InChI is InChI=1S/C44H44N4O3/c1-2-3-18-36(41(45)49)38(26-29-21-22-29)43(50)47-42-44(51)48(39-20-10-9-19-37(39)40(46-42)32-14-5-4-6-15-32)28-30-12-11-17-33(25-30)35-24-23-31-13-7-8-16-34(31)27-35/h4-17,19-20,23-25,27,29,36,38,42H,2-3,18,21-22,26,28H2,1H3,(H2,45,49)(H,47,50)/t36-,38+,42?/m0/s1. The molecular weight excluding hydrogens is 633 g/mol. The molecule has 1 heterocycles. The zero-order valence-corrected chi connectivity index (χ0v) is 29.0. The van der Waals surface area contributed by atoms with Gasteiger partial charge in [0.15, 0.2) is 0 Å². The summed E-state index contributed by atoms with van der Waals surface area (Å²) >= 11 is 0. The van der Waals surface area contributed by atoms with Gasteiger partial charge in [-0.25, -0.2) is 4.99 Å². The monoisotopic (exact) mass is 676 g/mol. The van der Waals surface area contributed by atoms with Gasteiger partial charge in [0.2, 0.25) is 18.0 Å². The Morgan fingerprint density at radius 2 is 1.51 bits per heavy atom. The number of benzodiazepines with no additional fused rings is 1. The molecule has 3 N–H and O–H groups in total. The van der Waals surface area contributed by atoms with E-state index in [2.05, 4.69) is 54.7 Å². The van der Waals surface area contributed by atoms with Crippen LogP contribution in [0.1, 0.15) is 62.1 Å². The normalized spacial score (nSPS) is 16.9. The predicted octanol–water partition coefficient (Wildman–Crippen LogP) is 8.04. The lowest BCUT2D eigenvalue weighted by atomic mass is 9.83. The van der Waals surface area contributed by atoms with Crippen molar-refractivity contribution < 1.29 is 14.4 Å². The highest BCUT2D eigenvalue weighted by Crippen LogP contribution is 2.39. The molecule has 0 aromatic heterocycles. The van der Waals surface area contributed by atoms with Gasteiger partial charge in [0, 0.05) is 23.0 Å². The number of carbonyl (C=O) groups is 3. The van der Waals surface area contributed by atoms with Crippen molar-refractivity contribution in [1.82, 2.24) is 5.32 Å². The summed E-state index contributed by atoms with van der Waals surface area (Å²) in [5, 5.41) is 5.37. The van der Waals surface area contributed by atoms with Crippen molar-refractivity contribution in [2.24, 2.45) is 28.5 Å². The van der Waals surface area contributed by atoms with Gasteiger partial charge in [0.05, 0.1) is 17.9 Å². The summed E-state index contributed by atoms with van der Waals surface area (Å²) in [7, 11) is 0. The van der Waals surface area contributed by atoms with E-state index < -0.39 is 23.9 Å². The first-order chi connectivity index (χ1) is 24.9. The molecule has 1 aliphatic carbocycles. The van der Waals surface area contributed by atoms with Crippen LogP contribution in [0.5, 0.6) is 0 Å². The minimum absolute atomic E-state index is 0.271. The molecule has 3 amide bonds. The summed E-state index contributed by atoms with van der Waals surface area (Å²) in [6.07, 6.45) is 3.66. The molecule has 0 saturated heterocycles. The van der Waals surface area contributed by atoms with Crippen LogP contribution in [0.2, 0.25) is 0 Å². The molecule has 3 atom stereocenters. The Bertz CT molecular complexity index is 2090. The van der Waals surface area contributed by atoms with Gasteiger partial charge in [-0.2, -0.15) is 0 Å². The van der Waals surface area contributed by atoms with E-state index in [1.165, 1.54) is 5.39 Å². The molecule has 1 aliphatic heterocycles. The first-order valence-electron chi connectivity index (χ1n) is 18.1. The van der Waals surface area contributed by atoms with Crippen LogP contribution in [0.3, 0.4) is 0 Å². The molecule has 7 heteroatoms. The van der Waals surface area contributed by atoms with Crippen LogP contribution in [-0.2, 0) is 20.9 Å². The zero-order chi connectivity index (χ0) is 35.3. The Hall–Kier alpha value is -5.56. The Morgan fingerprint density at radius 1 is 0.804 bits per heavy atom. The maximum Gasteiger partial charge on any atom is 0.272 e. The lowest BCUT2D eigenvalue weighted by molar-refractivity contribution is -0.135. The predicted molar refractivity (Wildman–Crippen MR) is 204 cm³/mol. The highest BCUT2D eigenvalue weighted by atomic mass is 16.2. The molecule has 1 saturated carbocycles. The molecule has 1 fully saturated rings. The summed E-state index contributed by atoms with van der Waals surface area (Å²) in [6.45, 7) is 2.33. The number of fused-ring (bicyclic) bond motifs is 2. The van der Waals surface area contributed by atoms with Gasteiger partial charge in [0.25, 0.3) is 5.91 Å². The zero-order valence-electron chi connectivity index (χ0n) is 29.0. The van der Waals surface area contributed by atoms with Gasteiger partial charge >= 0.3 is 0 Å². The largest absolute Gasteiger partial charge is 0.369 e. The number of benzene rings is 5. The van der Waals surface area contributed by atoms with Gasteiger partial charge in [0.1, 0.15) is 0 Å². The van der Waals surface area contributed by atoms with Crippen molar-refractivity contribution >= 4 is 39.9 Å². The second-order valence-corrected chi connectivity index (χ2v) is 13.9. The number of amides is 3. The average molecular weight is 677 g/mol. The fourth-order valence-electron chi connectivity index (χ4n) is 7.29. The van der Waals surface area contributed by atoms with Crippen molar-refractivity contribution in [3.05, 3.63) is 138 Å². The number of primary amides is 1. The van der Waals surface area contributed by atoms with Crippen LogP contribution >= 0.6 is 0 Å². The number of para-hydroxylation sites is 1. The Balaban J connectivity index is 1.26. The maximum absolute atomic E-state index is 14.8. The number of hydrogen-bond acceptors (Lipinski definition) is 4. The fraction of sp³-hybridized carbons (Fsp3) is 0.273. The molecule has 7 nitrogen and oxygen atoms in total. The number of hydrogen-bond donors (Lipinski definition) is 2. The number of nitrogens with zero attached hydrogens (tertiary/aromatic N) is 2. The quantitative estimate of drug-likeness (QED) is 0.132. The highest BCUT2D eigenvalue weighted by Gasteiger charge is 2.40. The van der Waals surface area contributed by atoms with Crippen molar-refractivity contribution in [1.29, 1.82) is 0 Å². The second kappa shape index (κ2) is 15.1. The van der Waals surface area contributed by atoms with Crippen molar-refractivity contribution in [2.45, 2.75) is 58.2 Å². The van der Waals surface area contributed by atoms with Crippen molar-refractivity contribution in [3.63, 3.8) is 0 Å². The number of nitrogens with one attached hydrogen (secondary N) is 1. The molecule has 1 unspecified atom stereocenters. The summed E-state index contributed by atoms with van der Waals surface area (Å²) in [6, 6.07) is 40.5. The molecule has 7 rings (SSSR count). The van der Waals surface area contributed by atoms with E-state index in [0.29, 0.717) is 30.2 Å². The Morgan fingerprint density at radius 3 is 2.27 bits per heavy atom. The molecule has 258 valence electrons. The molecule has 5 aromatic carbocycles. The summed E-state index contributed by atoms with van der Waals surface area (Å²) < 4.78 is 0. The average Bonchev–Trinajstić information content (AvgIpc) is 4.00. The topological polar surface area (TPSA) is 105 Å². The Labute approximate surface area is 299 Å². The lowest BCUT2D eigenvalue weighted by Crippen LogP contribution is -2.50. The second-order valence-electron chi connectivity index (χ2n) is 13.9.